The van der Waals surface area contributed by atoms with Crippen molar-refractivity contribution in [1.82, 2.24) is 0 Å². The summed E-state index contributed by atoms with van der Waals surface area (Å²) in [4.78, 5) is 0. The van der Waals surface area contributed by atoms with Gasteiger partial charge in [0.2, 0.25) is 0 Å². The summed E-state index contributed by atoms with van der Waals surface area (Å²) in [6, 6.07) is 7.62. The number of aromatic hydroxyl groups is 1. The molecule has 3 heteroatoms. The molecule has 64 valence electrons. The van der Waals surface area contributed by atoms with Crippen LogP contribution in [0.25, 0.3) is 10.1 Å². The predicted molar refractivity (Wildman–Crippen MR) is 52.9 cm³/mol. The number of hydrogen-bond acceptors (Lipinski definition) is 3. The van der Waals surface area contributed by atoms with Gasteiger partial charge in [-0.05, 0) is 13.0 Å². The first-order valence-corrected chi connectivity index (χ1v) is 4.67. The third kappa shape index (κ3) is 1.07. The van der Waals surface area contributed by atoms with Crippen LogP contribution in [-0.2, 0) is 0 Å². The van der Waals surface area contributed by atoms with E-state index in [1.807, 2.05) is 19.1 Å². The average molecular weight is 189 g/mol. The minimum atomic E-state index is 0.303. The Morgan fingerprint density at radius 1 is 1.46 bits per heavy atom. The summed E-state index contributed by atoms with van der Waals surface area (Å²) in [5, 5.41) is 19.6. The monoisotopic (exact) mass is 189 g/mol. The number of aryl methyl sites for hydroxylation is 1. The molecule has 0 saturated heterocycles. The number of rotatable bonds is 0. The van der Waals surface area contributed by atoms with Crippen molar-refractivity contribution in [2.24, 2.45) is 0 Å². The summed E-state index contributed by atoms with van der Waals surface area (Å²) in [5.74, 6) is 0. The van der Waals surface area contributed by atoms with Crippen LogP contribution < -0.4 is 0 Å². The van der Waals surface area contributed by atoms with Gasteiger partial charge in [0.05, 0.1) is 10.3 Å². The van der Waals surface area contributed by atoms with Crippen LogP contribution in [0.3, 0.4) is 0 Å². The fraction of sp³-hybridized carbons (Fsp3) is 0.100. The second kappa shape index (κ2) is 2.75. The van der Waals surface area contributed by atoms with Gasteiger partial charge in [0.1, 0.15) is 6.07 Å². The van der Waals surface area contributed by atoms with Gasteiger partial charge in [-0.2, -0.15) is 5.26 Å². The lowest BCUT2D eigenvalue weighted by Crippen LogP contribution is -1.73. The highest BCUT2D eigenvalue weighted by Crippen LogP contribution is 2.37. The third-order valence-electron chi connectivity index (χ3n) is 2.06. The van der Waals surface area contributed by atoms with Crippen molar-refractivity contribution in [3.8, 4) is 11.1 Å². The second-order valence-corrected chi connectivity index (χ2v) is 3.83. The molecule has 0 saturated carbocycles. The van der Waals surface area contributed by atoms with Gasteiger partial charge in [-0.25, -0.2) is 0 Å². The Morgan fingerprint density at radius 3 is 2.92 bits per heavy atom. The van der Waals surface area contributed by atoms with E-state index in [0.717, 1.165) is 15.6 Å². The minimum Gasteiger partial charge on any atom is -0.499 e. The van der Waals surface area contributed by atoms with Crippen LogP contribution in [0.1, 0.15) is 11.1 Å². The lowest BCUT2D eigenvalue weighted by Gasteiger charge is -1.91. The van der Waals surface area contributed by atoms with Crippen LogP contribution in [0, 0.1) is 18.3 Å². The molecule has 1 N–H and O–H groups in total. The number of benzene rings is 1. The number of fused-ring (bicyclic) bond motifs is 1. The maximum atomic E-state index is 9.47. The zero-order valence-electron chi connectivity index (χ0n) is 7.03. The lowest BCUT2D eigenvalue weighted by molar-refractivity contribution is 0.487. The van der Waals surface area contributed by atoms with Crippen LogP contribution >= 0.6 is 11.3 Å². The van der Waals surface area contributed by atoms with Gasteiger partial charge in [0.25, 0.3) is 0 Å². The van der Waals surface area contributed by atoms with Crippen LogP contribution in [0.4, 0.5) is 0 Å². The highest BCUT2D eigenvalue weighted by Gasteiger charge is 2.09. The molecule has 0 spiro atoms. The van der Waals surface area contributed by atoms with Gasteiger partial charge in [-0.15, -0.1) is 0 Å². The maximum Gasteiger partial charge on any atom is 0.175 e. The average Bonchev–Trinajstić information content (AvgIpc) is 2.43. The Labute approximate surface area is 79.7 Å². The summed E-state index contributed by atoms with van der Waals surface area (Å²) >= 11 is 1.26. The molecule has 0 aliphatic heterocycles. The van der Waals surface area contributed by atoms with E-state index < -0.39 is 0 Å². The topological polar surface area (TPSA) is 44.0 Å². The van der Waals surface area contributed by atoms with Gasteiger partial charge in [-0.1, -0.05) is 23.5 Å². The molecule has 0 radical (unpaired) electrons. The molecule has 0 fully saturated rings. The summed E-state index contributed by atoms with van der Waals surface area (Å²) in [6.07, 6.45) is 0. The SMILES string of the molecule is Cc1c(O)sc2c(C#N)cccc12. The van der Waals surface area contributed by atoms with Crippen molar-refractivity contribution in [3.63, 3.8) is 0 Å². The molecule has 0 amide bonds. The van der Waals surface area contributed by atoms with E-state index in [1.54, 1.807) is 6.07 Å². The molecule has 0 unspecified atom stereocenters. The van der Waals surface area contributed by atoms with Crippen molar-refractivity contribution in [2.75, 3.05) is 0 Å². The molecule has 0 aliphatic carbocycles. The van der Waals surface area contributed by atoms with E-state index in [4.69, 9.17) is 5.26 Å². The van der Waals surface area contributed by atoms with Crippen molar-refractivity contribution in [1.29, 1.82) is 5.26 Å². The molecular weight excluding hydrogens is 182 g/mol. The Balaban J connectivity index is 2.95. The number of thiophene rings is 1. The Morgan fingerprint density at radius 2 is 2.23 bits per heavy atom. The summed E-state index contributed by atoms with van der Waals surface area (Å²) in [6.45, 7) is 1.86. The molecule has 0 atom stereocenters. The Bertz CT molecular complexity index is 507. The summed E-state index contributed by atoms with van der Waals surface area (Å²) in [5.41, 5.74) is 1.49. The van der Waals surface area contributed by atoms with Gasteiger partial charge in [-0.3, -0.25) is 0 Å². The zero-order chi connectivity index (χ0) is 9.42. The molecule has 0 bridgehead atoms. The molecule has 2 rings (SSSR count). The minimum absolute atomic E-state index is 0.303. The molecule has 13 heavy (non-hydrogen) atoms. The normalized spacial score (nSPS) is 10.2. The highest BCUT2D eigenvalue weighted by atomic mass is 32.1. The fourth-order valence-electron chi connectivity index (χ4n) is 1.32. The number of nitriles is 1. The molecule has 1 aromatic carbocycles. The molecule has 1 aromatic heterocycles. The Kier molecular flexibility index (Phi) is 1.71. The van der Waals surface area contributed by atoms with E-state index in [-0.39, 0.29) is 0 Å². The lowest BCUT2D eigenvalue weighted by atomic mass is 10.1. The van der Waals surface area contributed by atoms with Crippen molar-refractivity contribution < 1.29 is 5.11 Å². The highest BCUT2D eigenvalue weighted by molar-refractivity contribution is 7.21. The predicted octanol–water partition coefficient (Wildman–Crippen LogP) is 2.79. The first kappa shape index (κ1) is 8.09. The molecule has 2 aromatic rings. The van der Waals surface area contributed by atoms with Crippen molar-refractivity contribution in [2.45, 2.75) is 6.92 Å². The molecular formula is C10H7NOS. The smallest absolute Gasteiger partial charge is 0.175 e. The van der Waals surface area contributed by atoms with Crippen LogP contribution in [-0.4, -0.2) is 5.11 Å². The van der Waals surface area contributed by atoms with Crippen molar-refractivity contribution >= 4 is 21.4 Å². The van der Waals surface area contributed by atoms with Gasteiger partial charge < -0.3 is 5.11 Å². The fourth-order valence-corrected chi connectivity index (χ4v) is 2.33. The Hall–Kier alpha value is -1.53. The zero-order valence-corrected chi connectivity index (χ0v) is 7.85. The van der Waals surface area contributed by atoms with Crippen LogP contribution in [0.5, 0.6) is 5.06 Å². The summed E-state index contributed by atoms with van der Waals surface area (Å²) in [7, 11) is 0. The number of nitrogens with zero attached hydrogens (tertiary/aromatic N) is 1. The second-order valence-electron chi connectivity index (χ2n) is 2.83. The van der Waals surface area contributed by atoms with Crippen LogP contribution in [0.15, 0.2) is 18.2 Å². The standard InChI is InChI=1S/C10H7NOS/c1-6-8-4-2-3-7(5-11)9(8)13-10(6)12/h2-4,12H,1H3. The first-order chi connectivity index (χ1) is 6.24. The largest absolute Gasteiger partial charge is 0.499 e. The van der Waals surface area contributed by atoms with Gasteiger partial charge in [0.15, 0.2) is 5.06 Å². The van der Waals surface area contributed by atoms with Crippen LogP contribution in [0.2, 0.25) is 0 Å². The molecule has 0 aliphatic rings. The van der Waals surface area contributed by atoms with Gasteiger partial charge >= 0.3 is 0 Å². The third-order valence-corrected chi connectivity index (χ3v) is 3.20. The molecule has 1 heterocycles. The number of hydrogen-bond donors (Lipinski definition) is 1. The van der Waals surface area contributed by atoms with E-state index in [1.165, 1.54) is 11.3 Å². The first-order valence-electron chi connectivity index (χ1n) is 3.85. The maximum absolute atomic E-state index is 9.47. The quantitative estimate of drug-likeness (QED) is 0.692. The van der Waals surface area contributed by atoms with E-state index >= 15 is 0 Å². The van der Waals surface area contributed by atoms with E-state index in [0.29, 0.717) is 10.6 Å². The van der Waals surface area contributed by atoms with Crippen molar-refractivity contribution in [3.05, 3.63) is 29.3 Å². The molecule has 2 nitrogen and oxygen atoms in total. The van der Waals surface area contributed by atoms with E-state index in [9.17, 15) is 5.11 Å². The van der Waals surface area contributed by atoms with Gasteiger partial charge in [0, 0.05) is 10.9 Å². The van der Waals surface area contributed by atoms with E-state index in [2.05, 4.69) is 6.07 Å². The summed E-state index contributed by atoms with van der Waals surface area (Å²) < 4.78 is 0.875.